The number of allylic oxidation sites excluding steroid dienone is 1. The Balaban J connectivity index is 2.37. The van der Waals surface area contributed by atoms with Gasteiger partial charge in [-0.1, -0.05) is 11.6 Å². The summed E-state index contributed by atoms with van der Waals surface area (Å²) >= 11 is 5.82. The van der Waals surface area contributed by atoms with Crippen molar-refractivity contribution in [2.75, 3.05) is 0 Å². The molecule has 20 heavy (non-hydrogen) atoms. The molecule has 0 amide bonds. The minimum atomic E-state index is -1.05. The molecular formula is C14H15ClFN3O. The predicted molar refractivity (Wildman–Crippen MR) is 75.5 cm³/mol. The second-order valence-electron chi connectivity index (χ2n) is 5.29. The number of halogens is 2. The lowest BCUT2D eigenvalue weighted by Gasteiger charge is -2.43. The highest BCUT2D eigenvalue weighted by Crippen LogP contribution is 2.36. The van der Waals surface area contributed by atoms with E-state index in [4.69, 9.17) is 27.6 Å². The van der Waals surface area contributed by atoms with Gasteiger partial charge in [0.2, 0.25) is 5.83 Å². The molecule has 0 spiro atoms. The maximum Gasteiger partial charge on any atom is 0.331 e. The first-order valence-electron chi connectivity index (χ1n) is 6.10. The Hall–Kier alpha value is -1.68. The zero-order valence-corrected chi connectivity index (χ0v) is 12.0. The predicted octanol–water partition coefficient (Wildman–Crippen LogP) is 3.12. The summed E-state index contributed by atoms with van der Waals surface area (Å²) in [6, 6.07) is 6.78. The molecule has 2 N–H and O–H groups in total. The number of rotatable bonds is 2. The van der Waals surface area contributed by atoms with E-state index in [0.29, 0.717) is 10.8 Å². The van der Waals surface area contributed by atoms with Gasteiger partial charge in [-0.3, -0.25) is 0 Å². The standard InChI is InChI=1S/C14H15ClFN3O/c1-13(17)7-11(16)12(19-18)8-14(13,2)20-10-5-3-9(15)4-6-10/h3-7H,8,17H2,1-2H3. The largest absolute Gasteiger partial charge is 0.485 e. The molecule has 0 saturated carbocycles. The van der Waals surface area contributed by atoms with Crippen LogP contribution >= 0.6 is 11.6 Å². The molecule has 1 aromatic rings. The molecule has 0 aliphatic heterocycles. The maximum atomic E-state index is 13.7. The Morgan fingerprint density at radius 3 is 2.50 bits per heavy atom. The molecule has 2 rings (SSSR count). The molecular weight excluding hydrogens is 281 g/mol. The van der Waals surface area contributed by atoms with Crippen LogP contribution in [0.25, 0.3) is 5.53 Å². The van der Waals surface area contributed by atoms with Gasteiger partial charge in [-0.05, 0) is 44.2 Å². The Labute approximate surface area is 121 Å². The Kier molecular flexibility index (Phi) is 3.69. The van der Waals surface area contributed by atoms with Gasteiger partial charge >= 0.3 is 5.71 Å². The van der Waals surface area contributed by atoms with Gasteiger partial charge in [0.1, 0.15) is 11.4 Å². The highest BCUT2D eigenvalue weighted by atomic mass is 35.5. The molecule has 0 aromatic heterocycles. The van der Waals surface area contributed by atoms with E-state index >= 15 is 0 Å². The topological polar surface area (TPSA) is 71.7 Å². The van der Waals surface area contributed by atoms with Gasteiger partial charge in [-0.25, -0.2) is 0 Å². The summed E-state index contributed by atoms with van der Waals surface area (Å²) in [7, 11) is 0. The first kappa shape index (κ1) is 14.7. The van der Waals surface area contributed by atoms with Crippen LogP contribution in [0.2, 0.25) is 5.02 Å². The van der Waals surface area contributed by atoms with Gasteiger partial charge in [0, 0.05) is 5.02 Å². The molecule has 0 radical (unpaired) electrons. The van der Waals surface area contributed by atoms with Crippen molar-refractivity contribution < 1.29 is 13.9 Å². The number of benzene rings is 1. The van der Waals surface area contributed by atoms with Crippen LogP contribution in [0.4, 0.5) is 4.39 Å². The minimum absolute atomic E-state index is 0.0570. The van der Waals surface area contributed by atoms with E-state index < -0.39 is 17.0 Å². The quantitative estimate of drug-likeness (QED) is 0.672. The Morgan fingerprint density at radius 2 is 1.95 bits per heavy atom. The highest BCUT2D eigenvalue weighted by Gasteiger charge is 2.51. The second-order valence-corrected chi connectivity index (χ2v) is 5.72. The van der Waals surface area contributed by atoms with E-state index in [1.54, 1.807) is 38.1 Å². The van der Waals surface area contributed by atoms with Crippen LogP contribution in [0.3, 0.4) is 0 Å². The smallest absolute Gasteiger partial charge is 0.331 e. The SMILES string of the molecule is CC1(N)C=C(F)C(=[N+]=[N-])CC1(C)Oc1ccc(Cl)cc1. The second kappa shape index (κ2) is 5.02. The minimum Gasteiger partial charge on any atom is -0.485 e. The third kappa shape index (κ3) is 2.61. The average Bonchev–Trinajstić information content (AvgIpc) is 2.36. The summed E-state index contributed by atoms with van der Waals surface area (Å²) in [6.45, 7) is 3.41. The van der Waals surface area contributed by atoms with Gasteiger partial charge in [0.25, 0.3) is 0 Å². The lowest BCUT2D eigenvalue weighted by molar-refractivity contribution is -0.0285. The lowest BCUT2D eigenvalue weighted by Crippen LogP contribution is -2.62. The van der Waals surface area contributed by atoms with E-state index in [-0.39, 0.29) is 12.1 Å². The molecule has 106 valence electrons. The molecule has 0 fully saturated rings. The molecule has 6 heteroatoms. The van der Waals surface area contributed by atoms with Crippen LogP contribution in [0.15, 0.2) is 36.2 Å². The first-order valence-corrected chi connectivity index (χ1v) is 6.48. The van der Waals surface area contributed by atoms with Crippen molar-refractivity contribution in [2.24, 2.45) is 5.73 Å². The zero-order chi connectivity index (χ0) is 15.0. The van der Waals surface area contributed by atoms with E-state index in [9.17, 15) is 4.39 Å². The molecule has 1 aliphatic rings. The van der Waals surface area contributed by atoms with Gasteiger partial charge in [0.05, 0.1) is 12.0 Å². The summed E-state index contributed by atoms with van der Waals surface area (Å²) in [5, 5.41) is 0.588. The van der Waals surface area contributed by atoms with Gasteiger partial charge in [-0.15, -0.1) is 0 Å². The van der Waals surface area contributed by atoms with E-state index in [1.165, 1.54) is 6.08 Å². The number of nitrogens with zero attached hydrogens (tertiary/aromatic N) is 2. The number of hydrogen-bond acceptors (Lipinski definition) is 2. The van der Waals surface area contributed by atoms with Crippen molar-refractivity contribution in [3.63, 3.8) is 0 Å². The van der Waals surface area contributed by atoms with Crippen LogP contribution in [-0.4, -0.2) is 21.6 Å². The van der Waals surface area contributed by atoms with Crippen LogP contribution in [0, 0.1) is 0 Å². The molecule has 2 unspecified atom stereocenters. The van der Waals surface area contributed by atoms with Crippen LogP contribution < -0.4 is 10.5 Å². The van der Waals surface area contributed by atoms with Crippen molar-refractivity contribution in [2.45, 2.75) is 31.4 Å². The first-order chi connectivity index (χ1) is 9.27. The summed E-state index contributed by atoms with van der Waals surface area (Å²) in [5.74, 6) is -0.0729. The normalized spacial score (nSPS) is 29.6. The third-order valence-corrected chi connectivity index (χ3v) is 3.88. The molecule has 2 atom stereocenters. The summed E-state index contributed by atoms with van der Waals surface area (Å²) < 4.78 is 19.6. The molecule has 1 aromatic carbocycles. The maximum absolute atomic E-state index is 13.7. The Morgan fingerprint density at radius 1 is 1.35 bits per heavy atom. The zero-order valence-electron chi connectivity index (χ0n) is 11.2. The number of ether oxygens (including phenoxy) is 1. The molecule has 1 aliphatic carbocycles. The van der Waals surface area contributed by atoms with Crippen LogP contribution in [-0.2, 0) is 0 Å². The number of hydrogen-bond donors (Lipinski definition) is 1. The van der Waals surface area contributed by atoms with Crippen molar-refractivity contribution in [3.8, 4) is 5.75 Å². The number of nitrogens with two attached hydrogens (primary N) is 1. The van der Waals surface area contributed by atoms with Crippen molar-refractivity contribution in [1.82, 2.24) is 0 Å². The van der Waals surface area contributed by atoms with E-state index in [0.717, 1.165) is 0 Å². The fourth-order valence-corrected chi connectivity index (χ4v) is 2.21. The van der Waals surface area contributed by atoms with E-state index in [2.05, 4.69) is 4.79 Å². The van der Waals surface area contributed by atoms with Gasteiger partial charge in [0.15, 0.2) is 0 Å². The van der Waals surface area contributed by atoms with Gasteiger partial charge in [-0.2, -0.15) is 9.18 Å². The molecule has 0 heterocycles. The van der Waals surface area contributed by atoms with Crippen molar-refractivity contribution in [3.05, 3.63) is 46.7 Å². The van der Waals surface area contributed by atoms with Crippen LogP contribution in [0.1, 0.15) is 20.3 Å². The average molecular weight is 296 g/mol. The monoisotopic (exact) mass is 295 g/mol. The Bertz CT molecular complexity index is 605. The van der Waals surface area contributed by atoms with Crippen molar-refractivity contribution in [1.29, 1.82) is 0 Å². The molecule has 0 bridgehead atoms. The summed E-state index contributed by atoms with van der Waals surface area (Å²) in [5.41, 5.74) is 12.9. The third-order valence-electron chi connectivity index (χ3n) is 3.62. The molecule has 0 saturated heterocycles. The van der Waals surface area contributed by atoms with Crippen LogP contribution in [0.5, 0.6) is 5.75 Å². The van der Waals surface area contributed by atoms with Gasteiger partial charge < -0.3 is 16.0 Å². The summed E-state index contributed by atoms with van der Waals surface area (Å²) in [4.78, 5) is 2.96. The highest BCUT2D eigenvalue weighted by molar-refractivity contribution is 6.30. The van der Waals surface area contributed by atoms with E-state index in [1.807, 2.05) is 0 Å². The fourth-order valence-electron chi connectivity index (χ4n) is 2.09. The van der Waals surface area contributed by atoms with Crippen molar-refractivity contribution >= 4 is 17.3 Å². The lowest BCUT2D eigenvalue weighted by atomic mass is 9.75. The summed E-state index contributed by atoms with van der Waals surface area (Å²) in [6.07, 6.45) is 1.27. The molecule has 4 nitrogen and oxygen atoms in total. The fraction of sp³-hybridized carbons (Fsp3) is 0.357.